The number of hydrogen-bond donors (Lipinski definition) is 2. The van der Waals surface area contributed by atoms with Crippen molar-refractivity contribution in [3.05, 3.63) is 142 Å². The number of aliphatic imine (C=N–C) groups is 2. The third kappa shape index (κ3) is 16.0. The first kappa shape index (κ1) is 67.3. The van der Waals surface area contributed by atoms with Gasteiger partial charge in [0.2, 0.25) is 0 Å². The number of carbonyl (C=O) groups is 2. The SMILES string of the molecule is C.C.C.C.C.C.CN(c1ccc(CCC(=O)O)cc1)c1ccc(-c2ccc(C3=NC4SC(c5ccc(-c6ccc(N(C)c7ccc(CCC(=O)O)cc7)cc6)s5)=NC4S3)s2)cc1.O.O.[Y].[Y]. The van der Waals surface area contributed by atoms with Gasteiger partial charge in [0, 0.05) is 125 Å². The van der Waals surface area contributed by atoms with Gasteiger partial charge in [0.25, 0.3) is 0 Å². The molecular formula is C50H66N4O6S4Y2. The summed E-state index contributed by atoms with van der Waals surface area (Å²) in [5.41, 5.74) is 8.62. The van der Waals surface area contributed by atoms with E-state index >= 15 is 0 Å². The number of carboxylic acids is 2. The molecule has 0 saturated carbocycles. The van der Waals surface area contributed by atoms with Gasteiger partial charge in [0.15, 0.2) is 0 Å². The van der Waals surface area contributed by atoms with Crippen molar-refractivity contribution in [2.45, 2.75) is 81.0 Å². The van der Waals surface area contributed by atoms with Crippen molar-refractivity contribution in [2.24, 2.45) is 9.98 Å². The molecule has 10 nitrogen and oxygen atoms in total. The first-order chi connectivity index (χ1) is 27.2. The van der Waals surface area contributed by atoms with Crippen LogP contribution < -0.4 is 9.80 Å². The average molecular weight is 1130 g/mol. The van der Waals surface area contributed by atoms with E-state index in [-0.39, 0.29) is 145 Å². The summed E-state index contributed by atoms with van der Waals surface area (Å²) < 4.78 is 0. The van der Waals surface area contributed by atoms with Crippen LogP contribution in [0.5, 0.6) is 0 Å². The summed E-state index contributed by atoms with van der Waals surface area (Å²) >= 11 is 7.03. The van der Waals surface area contributed by atoms with Gasteiger partial charge in [-0.05, 0) is 108 Å². The monoisotopic (exact) mass is 1120 g/mol. The van der Waals surface area contributed by atoms with E-state index < -0.39 is 11.9 Å². The summed E-state index contributed by atoms with van der Waals surface area (Å²) in [7, 11) is 4.08. The number of rotatable bonds is 14. The van der Waals surface area contributed by atoms with Gasteiger partial charge >= 0.3 is 11.9 Å². The first-order valence-electron chi connectivity index (χ1n) is 18.2. The number of fused-ring (bicyclic) bond motifs is 1. The predicted octanol–water partition coefficient (Wildman–Crippen LogP) is 13.2. The number of anilines is 4. The Labute approximate surface area is 460 Å². The smallest absolute Gasteiger partial charge is 0.303 e. The van der Waals surface area contributed by atoms with E-state index in [4.69, 9.17) is 20.2 Å². The van der Waals surface area contributed by atoms with E-state index in [9.17, 15) is 9.59 Å². The minimum atomic E-state index is -0.781. The fourth-order valence-corrected chi connectivity index (χ4v) is 11.2. The minimum Gasteiger partial charge on any atom is -0.481 e. The third-order valence-electron chi connectivity index (χ3n) is 9.81. The van der Waals surface area contributed by atoms with Crippen molar-refractivity contribution in [3.8, 4) is 20.9 Å². The van der Waals surface area contributed by atoms with Gasteiger partial charge < -0.3 is 31.0 Å². The largest absolute Gasteiger partial charge is 0.481 e. The molecule has 2 radical (unpaired) electrons. The molecule has 2 aromatic heterocycles. The maximum atomic E-state index is 10.9. The second-order valence-corrected chi connectivity index (χ2v) is 17.9. The minimum absolute atomic E-state index is 0. The van der Waals surface area contributed by atoms with Crippen LogP contribution in [0.4, 0.5) is 22.7 Å². The van der Waals surface area contributed by atoms with Crippen LogP contribution in [-0.2, 0) is 87.8 Å². The van der Waals surface area contributed by atoms with E-state index in [1.54, 1.807) is 46.2 Å². The Morgan fingerprint density at radius 2 is 0.742 bits per heavy atom. The predicted molar refractivity (Wildman–Crippen MR) is 284 cm³/mol. The molecule has 2 unspecified atom stereocenters. The Bertz CT molecular complexity index is 2270. The number of aliphatic carboxylic acids is 2. The molecular weight excluding hydrogens is 1060 g/mol. The number of thiophene rings is 2. The molecule has 352 valence electrons. The van der Waals surface area contributed by atoms with Crippen molar-refractivity contribution in [1.82, 2.24) is 0 Å². The van der Waals surface area contributed by atoms with E-state index in [1.165, 1.54) is 19.5 Å². The maximum Gasteiger partial charge on any atom is 0.303 e. The molecule has 0 amide bonds. The van der Waals surface area contributed by atoms with Gasteiger partial charge in [0.1, 0.15) is 20.8 Å². The van der Waals surface area contributed by atoms with Crippen LogP contribution in [0.25, 0.3) is 20.9 Å². The number of carboxylic acid groups (broad SMARTS) is 2. The molecule has 0 spiro atoms. The van der Waals surface area contributed by atoms with Gasteiger partial charge in [-0.25, -0.2) is 0 Å². The molecule has 0 aliphatic carbocycles. The number of thioether (sulfide) groups is 2. The Morgan fingerprint density at radius 1 is 0.470 bits per heavy atom. The topological polar surface area (TPSA) is 169 Å². The fraction of sp³-hybridized carbons (Fsp3) is 0.280. The van der Waals surface area contributed by atoms with Gasteiger partial charge in [-0.3, -0.25) is 19.6 Å². The first-order valence-corrected chi connectivity index (χ1v) is 21.6. The van der Waals surface area contributed by atoms with Crippen molar-refractivity contribution in [2.75, 3.05) is 23.9 Å². The van der Waals surface area contributed by atoms with Crippen molar-refractivity contribution in [3.63, 3.8) is 0 Å². The summed E-state index contributed by atoms with van der Waals surface area (Å²) in [5.74, 6) is -1.56. The number of benzene rings is 4. The van der Waals surface area contributed by atoms with Crippen molar-refractivity contribution < 1.29 is 96.2 Å². The molecule has 4 heterocycles. The molecule has 8 rings (SSSR count). The Hall–Kier alpha value is -3.01. The van der Waals surface area contributed by atoms with E-state index in [0.29, 0.717) is 12.8 Å². The molecule has 6 N–H and O–H groups in total. The van der Waals surface area contributed by atoms with Crippen LogP contribution in [0.2, 0.25) is 0 Å². The van der Waals surface area contributed by atoms with Crippen LogP contribution >= 0.6 is 46.2 Å². The normalized spacial score (nSPS) is 13.5. The number of aryl methyl sites for hydroxylation is 2. The van der Waals surface area contributed by atoms with Gasteiger partial charge in [-0.15, -0.1) is 22.7 Å². The summed E-state index contributed by atoms with van der Waals surface area (Å²) in [5, 5.41) is 20.2. The molecule has 0 bridgehead atoms. The van der Waals surface area contributed by atoms with Gasteiger partial charge in [0.05, 0.1) is 9.75 Å². The fourth-order valence-electron chi connectivity index (χ4n) is 6.55. The standard InChI is InChI=1S/C44H38N4O4S4.6CH4.2H2O.2Y/c1-47(31-13-3-27(4-14-31)7-25-39(49)50)33-17-9-29(10-18-33)35-21-23-37(53-35)41-45-43-44(55-41)46-42(56-43)38-24-22-36(54-38)30-11-19-34(20-12-30)48(2)32-15-5-28(6-16-32)8-26-40(51)52;;;;;;;;;;/h3-6,9-24,43-44H,7-8,25-26H2,1-2H3,(H,49,50)(H,51,52);6*1H4;2*1H2;;. The zero-order valence-electron chi connectivity index (χ0n) is 32.8. The van der Waals surface area contributed by atoms with Crippen LogP contribution in [0.1, 0.15) is 78.3 Å². The maximum absolute atomic E-state index is 10.9. The summed E-state index contributed by atoms with van der Waals surface area (Å²) in [6, 6.07) is 42.0. The van der Waals surface area contributed by atoms with Crippen LogP contribution in [-0.4, -0.2) is 68.0 Å². The van der Waals surface area contributed by atoms with E-state index in [0.717, 1.165) is 55.1 Å². The van der Waals surface area contributed by atoms with Crippen LogP contribution in [0.15, 0.2) is 131 Å². The molecule has 66 heavy (non-hydrogen) atoms. The number of nitrogens with zero attached hydrogens (tertiary/aromatic N) is 4. The van der Waals surface area contributed by atoms with Gasteiger partial charge in [-0.1, -0.05) is 117 Å². The summed E-state index contributed by atoms with van der Waals surface area (Å²) in [4.78, 5) is 41.0. The Kier molecular flexibility index (Phi) is 31.1. The zero-order chi connectivity index (χ0) is 38.8. The molecule has 2 aliphatic rings. The molecule has 0 fully saturated rings. The van der Waals surface area contributed by atoms with E-state index in [1.807, 2.05) is 62.6 Å². The van der Waals surface area contributed by atoms with Gasteiger partial charge in [-0.2, -0.15) is 0 Å². The van der Waals surface area contributed by atoms with Crippen molar-refractivity contribution >= 4 is 91.0 Å². The molecule has 2 aliphatic heterocycles. The number of hydrogen-bond acceptors (Lipinski definition) is 10. The Morgan fingerprint density at radius 3 is 1.03 bits per heavy atom. The molecule has 4 aromatic carbocycles. The zero-order valence-corrected chi connectivity index (χ0v) is 41.8. The molecule has 2 atom stereocenters. The van der Waals surface area contributed by atoms with Crippen LogP contribution in [0, 0.1) is 0 Å². The molecule has 16 heteroatoms. The average Bonchev–Trinajstić information content (AvgIpc) is 4.04. The van der Waals surface area contributed by atoms with E-state index in [2.05, 4.69) is 82.6 Å². The summed E-state index contributed by atoms with van der Waals surface area (Å²) in [6.45, 7) is 0. The molecule has 6 aromatic rings. The van der Waals surface area contributed by atoms with Crippen LogP contribution in [0.3, 0.4) is 0 Å². The Balaban J connectivity index is -0.00000397. The second kappa shape index (κ2) is 30.5. The quantitative estimate of drug-likeness (QED) is 0.109. The van der Waals surface area contributed by atoms with Crippen molar-refractivity contribution in [1.29, 1.82) is 0 Å². The second-order valence-electron chi connectivity index (χ2n) is 13.5. The summed E-state index contributed by atoms with van der Waals surface area (Å²) in [6.07, 6.45) is 1.33. The molecule has 0 saturated heterocycles. The third-order valence-corrected chi connectivity index (χ3v) is 14.8.